The molecule has 114 valence electrons. The number of carbonyl (C=O) groups excluding carboxylic acids is 1. The van der Waals surface area contributed by atoms with Crippen molar-refractivity contribution in [3.63, 3.8) is 0 Å². The van der Waals surface area contributed by atoms with E-state index in [1.807, 2.05) is 42.5 Å². The van der Waals surface area contributed by atoms with Gasteiger partial charge in [0.25, 0.3) is 0 Å². The van der Waals surface area contributed by atoms with E-state index >= 15 is 0 Å². The second kappa shape index (κ2) is 7.31. The number of methoxy groups -OCH3 is 3. The Bertz CT molecular complexity index is 650. The van der Waals surface area contributed by atoms with Gasteiger partial charge in [0.15, 0.2) is 0 Å². The zero-order valence-electron chi connectivity index (χ0n) is 12.8. The molecule has 0 aromatic heterocycles. The molecule has 0 saturated heterocycles. The van der Waals surface area contributed by atoms with Gasteiger partial charge in [0.2, 0.25) is 0 Å². The lowest BCUT2D eigenvalue weighted by atomic mass is 10.1. The summed E-state index contributed by atoms with van der Waals surface area (Å²) >= 11 is 0. The van der Waals surface area contributed by atoms with Crippen LogP contribution < -0.4 is 9.47 Å². The van der Waals surface area contributed by atoms with Crippen molar-refractivity contribution >= 4 is 18.1 Å². The molecule has 0 bridgehead atoms. The second-order valence-electron chi connectivity index (χ2n) is 4.59. The summed E-state index contributed by atoms with van der Waals surface area (Å²) in [5.41, 5.74) is 2.48. The molecule has 0 radical (unpaired) electrons. The topological polar surface area (TPSA) is 44.8 Å². The molecule has 0 amide bonds. The van der Waals surface area contributed by atoms with Crippen LogP contribution in [0, 0.1) is 0 Å². The Hall–Kier alpha value is -2.75. The minimum Gasteiger partial charge on any atom is -0.497 e. The summed E-state index contributed by atoms with van der Waals surface area (Å²) in [6.45, 7) is 0. The fraction of sp³-hybridized carbons (Fsp3) is 0.167. The maximum absolute atomic E-state index is 11.4. The second-order valence-corrected chi connectivity index (χ2v) is 4.59. The molecule has 0 saturated carbocycles. The van der Waals surface area contributed by atoms with Crippen molar-refractivity contribution in [3.8, 4) is 11.5 Å². The molecule has 0 aliphatic carbocycles. The molecule has 0 aliphatic heterocycles. The number of benzene rings is 2. The lowest BCUT2D eigenvalue weighted by Crippen LogP contribution is -2.00. The number of hydrogen-bond donors (Lipinski definition) is 0. The van der Waals surface area contributed by atoms with Crippen LogP contribution >= 0.6 is 0 Å². The SMILES string of the molecule is COC(=O)c1ccc(/C=C/c2cc(OC)cc(OC)c2)cc1. The van der Waals surface area contributed by atoms with Gasteiger partial charge < -0.3 is 14.2 Å². The van der Waals surface area contributed by atoms with Crippen LogP contribution in [0.1, 0.15) is 21.5 Å². The first kappa shape index (κ1) is 15.6. The Balaban J connectivity index is 2.19. The molecule has 0 atom stereocenters. The van der Waals surface area contributed by atoms with E-state index in [9.17, 15) is 4.79 Å². The maximum atomic E-state index is 11.4. The van der Waals surface area contributed by atoms with Gasteiger partial charge in [0.05, 0.1) is 26.9 Å². The van der Waals surface area contributed by atoms with Crippen LogP contribution in [0.5, 0.6) is 11.5 Å². The van der Waals surface area contributed by atoms with Gasteiger partial charge in [-0.3, -0.25) is 0 Å². The van der Waals surface area contributed by atoms with E-state index in [0.29, 0.717) is 5.56 Å². The predicted octanol–water partition coefficient (Wildman–Crippen LogP) is 3.66. The van der Waals surface area contributed by atoms with Gasteiger partial charge in [-0.1, -0.05) is 24.3 Å². The highest BCUT2D eigenvalue weighted by atomic mass is 16.5. The van der Waals surface area contributed by atoms with Gasteiger partial charge in [0, 0.05) is 6.07 Å². The normalized spacial score (nSPS) is 10.5. The quantitative estimate of drug-likeness (QED) is 0.624. The summed E-state index contributed by atoms with van der Waals surface area (Å²) in [7, 11) is 4.61. The first-order chi connectivity index (χ1) is 10.7. The largest absolute Gasteiger partial charge is 0.497 e. The highest BCUT2D eigenvalue weighted by molar-refractivity contribution is 5.89. The molecular weight excluding hydrogens is 280 g/mol. The summed E-state index contributed by atoms with van der Waals surface area (Å²) < 4.78 is 15.1. The highest BCUT2D eigenvalue weighted by Crippen LogP contribution is 2.23. The van der Waals surface area contributed by atoms with E-state index in [1.54, 1.807) is 26.4 Å². The smallest absolute Gasteiger partial charge is 0.337 e. The van der Waals surface area contributed by atoms with Gasteiger partial charge in [-0.25, -0.2) is 4.79 Å². The molecule has 2 aromatic carbocycles. The summed E-state index contributed by atoms with van der Waals surface area (Å²) in [4.78, 5) is 11.4. The third kappa shape index (κ3) is 3.88. The first-order valence-corrected chi connectivity index (χ1v) is 6.76. The van der Waals surface area contributed by atoms with Crippen molar-refractivity contribution in [2.45, 2.75) is 0 Å². The van der Waals surface area contributed by atoms with Crippen LogP contribution in [0.4, 0.5) is 0 Å². The molecule has 22 heavy (non-hydrogen) atoms. The predicted molar refractivity (Wildman–Crippen MR) is 86.3 cm³/mol. The van der Waals surface area contributed by atoms with Gasteiger partial charge in [0.1, 0.15) is 11.5 Å². The Labute approximate surface area is 129 Å². The summed E-state index contributed by atoms with van der Waals surface area (Å²) in [5, 5.41) is 0. The van der Waals surface area contributed by atoms with E-state index in [2.05, 4.69) is 4.74 Å². The number of rotatable bonds is 5. The van der Waals surface area contributed by atoms with E-state index in [-0.39, 0.29) is 5.97 Å². The molecule has 0 N–H and O–H groups in total. The van der Waals surface area contributed by atoms with Crippen LogP contribution in [0.2, 0.25) is 0 Å². The fourth-order valence-corrected chi connectivity index (χ4v) is 1.97. The van der Waals surface area contributed by atoms with Gasteiger partial charge in [-0.15, -0.1) is 0 Å². The molecule has 0 spiro atoms. The number of carbonyl (C=O) groups is 1. The molecule has 4 heteroatoms. The first-order valence-electron chi connectivity index (χ1n) is 6.76. The lowest BCUT2D eigenvalue weighted by Gasteiger charge is -2.05. The van der Waals surface area contributed by atoms with Crippen LogP contribution in [0.15, 0.2) is 42.5 Å². The number of ether oxygens (including phenoxy) is 3. The average Bonchev–Trinajstić information content (AvgIpc) is 2.59. The maximum Gasteiger partial charge on any atom is 0.337 e. The molecule has 2 rings (SSSR count). The molecule has 4 nitrogen and oxygen atoms in total. The van der Waals surface area contributed by atoms with Crippen molar-refractivity contribution in [1.82, 2.24) is 0 Å². The average molecular weight is 298 g/mol. The molecular formula is C18H18O4. The number of esters is 1. The molecule has 0 heterocycles. The third-order valence-electron chi connectivity index (χ3n) is 3.17. The standard InChI is InChI=1S/C18H18O4/c1-20-16-10-14(11-17(12-16)21-2)5-4-13-6-8-15(9-7-13)18(19)22-3/h4-12H,1-3H3/b5-4+. The van der Waals surface area contributed by atoms with Crippen LogP contribution in [0.3, 0.4) is 0 Å². The molecule has 2 aromatic rings. The molecule has 0 unspecified atom stereocenters. The number of hydrogen-bond acceptors (Lipinski definition) is 4. The Kier molecular flexibility index (Phi) is 5.20. The van der Waals surface area contributed by atoms with Crippen LogP contribution in [-0.4, -0.2) is 27.3 Å². The lowest BCUT2D eigenvalue weighted by molar-refractivity contribution is 0.0600. The van der Waals surface area contributed by atoms with Crippen molar-refractivity contribution in [2.24, 2.45) is 0 Å². The Morgan fingerprint density at radius 3 is 1.86 bits per heavy atom. The zero-order chi connectivity index (χ0) is 15.9. The highest BCUT2D eigenvalue weighted by Gasteiger charge is 2.03. The van der Waals surface area contributed by atoms with E-state index in [4.69, 9.17) is 9.47 Å². The minimum atomic E-state index is -0.340. The summed E-state index contributed by atoms with van der Waals surface area (Å²) in [5.74, 6) is 1.13. The zero-order valence-corrected chi connectivity index (χ0v) is 12.8. The fourth-order valence-electron chi connectivity index (χ4n) is 1.97. The van der Waals surface area contributed by atoms with Gasteiger partial charge in [-0.2, -0.15) is 0 Å². The van der Waals surface area contributed by atoms with Gasteiger partial charge in [-0.05, 0) is 35.4 Å². The molecule has 0 fully saturated rings. The van der Waals surface area contributed by atoms with E-state index < -0.39 is 0 Å². The van der Waals surface area contributed by atoms with Crippen molar-refractivity contribution < 1.29 is 19.0 Å². The van der Waals surface area contributed by atoms with Gasteiger partial charge >= 0.3 is 5.97 Å². The Morgan fingerprint density at radius 2 is 1.36 bits per heavy atom. The Morgan fingerprint density at radius 1 is 0.818 bits per heavy atom. The molecule has 0 aliphatic rings. The van der Waals surface area contributed by atoms with Crippen LogP contribution in [0.25, 0.3) is 12.2 Å². The summed E-state index contributed by atoms with van der Waals surface area (Å²) in [6.07, 6.45) is 3.91. The van der Waals surface area contributed by atoms with E-state index in [1.165, 1.54) is 7.11 Å². The van der Waals surface area contributed by atoms with Crippen molar-refractivity contribution in [1.29, 1.82) is 0 Å². The minimum absolute atomic E-state index is 0.340. The van der Waals surface area contributed by atoms with Crippen molar-refractivity contribution in [2.75, 3.05) is 21.3 Å². The third-order valence-corrected chi connectivity index (χ3v) is 3.17. The van der Waals surface area contributed by atoms with Crippen LogP contribution in [-0.2, 0) is 4.74 Å². The monoisotopic (exact) mass is 298 g/mol. The summed E-state index contributed by atoms with van der Waals surface area (Å²) in [6, 6.07) is 12.8. The van der Waals surface area contributed by atoms with Crippen molar-refractivity contribution in [3.05, 3.63) is 59.2 Å². The van der Waals surface area contributed by atoms with E-state index in [0.717, 1.165) is 22.6 Å².